The van der Waals surface area contributed by atoms with Crippen molar-refractivity contribution < 1.29 is 18.9 Å². The first-order valence-corrected chi connectivity index (χ1v) is 12.2. The Bertz CT molecular complexity index is 1160. The van der Waals surface area contributed by atoms with E-state index in [1.54, 1.807) is 25.6 Å². The summed E-state index contributed by atoms with van der Waals surface area (Å²) in [6, 6.07) is 7.60. The Morgan fingerprint density at radius 2 is 1.53 bits per heavy atom. The molecule has 2 heterocycles. The van der Waals surface area contributed by atoms with E-state index in [2.05, 4.69) is 25.5 Å². The van der Waals surface area contributed by atoms with Gasteiger partial charge < -0.3 is 34.5 Å². The highest BCUT2D eigenvalue weighted by Crippen LogP contribution is 2.44. The zero-order chi connectivity index (χ0) is 25.7. The van der Waals surface area contributed by atoms with Crippen LogP contribution < -0.4 is 34.5 Å². The van der Waals surface area contributed by atoms with Crippen LogP contribution in [-0.4, -0.2) is 57.5 Å². The lowest BCUT2D eigenvalue weighted by molar-refractivity contribution is 0.224. The summed E-state index contributed by atoms with van der Waals surface area (Å²) < 4.78 is 22.3. The smallest absolute Gasteiger partial charge is 0.227 e. The fourth-order valence-electron chi connectivity index (χ4n) is 4.02. The molecule has 36 heavy (non-hydrogen) atoms. The molecule has 4 rings (SSSR count). The van der Waals surface area contributed by atoms with E-state index in [1.807, 2.05) is 25.1 Å². The number of halogens is 2. The number of hydrogen-bond donors (Lipinski definition) is 2. The molecule has 0 radical (unpaired) electrons. The largest absolute Gasteiger partial charge is 0.495 e. The number of nitrogens with one attached hydrogen (secondary N) is 2. The number of piperazine rings is 1. The molecule has 2 N–H and O–H groups in total. The van der Waals surface area contributed by atoms with Crippen LogP contribution in [0.1, 0.15) is 18.6 Å². The summed E-state index contributed by atoms with van der Waals surface area (Å²) in [6.45, 7) is 5.60. The van der Waals surface area contributed by atoms with Crippen molar-refractivity contribution in [2.24, 2.45) is 0 Å². The van der Waals surface area contributed by atoms with Crippen LogP contribution in [0.4, 0.5) is 17.3 Å². The average Bonchev–Trinajstić information content (AvgIpc) is 2.90. The van der Waals surface area contributed by atoms with Gasteiger partial charge in [0.15, 0.2) is 5.75 Å². The topological polar surface area (TPSA) is 90.0 Å². The van der Waals surface area contributed by atoms with E-state index < -0.39 is 6.10 Å². The van der Waals surface area contributed by atoms with Crippen molar-refractivity contribution in [3.8, 4) is 23.0 Å². The molecule has 1 atom stereocenters. The normalized spacial score (nSPS) is 14.2. The van der Waals surface area contributed by atoms with Crippen molar-refractivity contribution >= 4 is 40.5 Å². The fraction of sp³-hybridized carbons (Fsp3) is 0.360. The van der Waals surface area contributed by atoms with E-state index >= 15 is 0 Å². The zero-order valence-electron chi connectivity index (χ0n) is 20.6. The van der Waals surface area contributed by atoms with Gasteiger partial charge in [0.05, 0.1) is 49.5 Å². The van der Waals surface area contributed by atoms with Crippen molar-refractivity contribution in [1.82, 2.24) is 15.3 Å². The number of rotatable bonds is 9. The lowest BCUT2D eigenvalue weighted by Crippen LogP contribution is -2.43. The summed E-state index contributed by atoms with van der Waals surface area (Å²) in [5.74, 6) is 2.55. The zero-order valence-corrected chi connectivity index (χ0v) is 22.1. The molecular formula is C25H29Cl2N5O4. The van der Waals surface area contributed by atoms with Gasteiger partial charge in [-0.15, -0.1) is 0 Å². The Kier molecular flexibility index (Phi) is 8.45. The Balaban J connectivity index is 1.47. The number of benzene rings is 2. The van der Waals surface area contributed by atoms with Gasteiger partial charge in [-0.3, -0.25) is 0 Å². The predicted octanol–water partition coefficient (Wildman–Crippen LogP) is 5.10. The average molecular weight is 534 g/mol. The van der Waals surface area contributed by atoms with E-state index in [0.717, 1.165) is 43.3 Å². The summed E-state index contributed by atoms with van der Waals surface area (Å²) in [5.41, 5.74) is 2.43. The van der Waals surface area contributed by atoms with Crippen molar-refractivity contribution in [3.05, 3.63) is 52.3 Å². The maximum atomic E-state index is 6.50. The lowest BCUT2D eigenvalue weighted by atomic mass is 10.1. The third-order valence-electron chi connectivity index (χ3n) is 5.85. The van der Waals surface area contributed by atoms with Gasteiger partial charge in [0, 0.05) is 49.6 Å². The highest BCUT2D eigenvalue weighted by Gasteiger charge is 2.23. The van der Waals surface area contributed by atoms with Gasteiger partial charge in [0.25, 0.3) is 0 Å². The van der Waals surface area contributed by atoms with Gasteiger partial charge in [0.2, 0.25) is 5.95 Å². The van der Waals surface area contributed by atoms with Gasteiger partial charge in [-0.05, 0) is 19.1 Å². The molecule has 1 unspecified atom stereocenters. The summed E-state index contributed by atoms with van der Waals surface area (Å²) in [7, 11) is 4.72. The van der Waals surface area contributed by atoms with Crippen LogP contribution in [-0.2, 0) is 0 Å². The van der Waals surface area contributed by atoms with Crippen LogP contribution in [0.15, 0.2) is 36.7 Å². The standard InChI is InChI=1S/C25H29Cl2N5O4/c1-15(22-23(26)20(34-3)12-21(35-4)24(22)27)36-17-13-29-25(30-14-17)31-16-5-6-18(19(11-16)33-2)32-9-7-28-8-10-32/h5-6,11-15,28H,7-10H2,1-4H3,(H,29,30,31). The monoisotopic (exact) mass is 533 g/mol. The van der Waals surface area contributed by atoms with Gasteiger partial charge in [-0.1, -0.05) is 23.2 Å². The minimum absolute atomic E-state index is 0.355. The number of methoxy groups -OCH3 is 3. The highest BCUT2D eigenvalue weighted by molar-refractivity contribution is 6.38. The molecule has 0 bridgehead atoms. The van der Waals surface area contributed by atoms with Crippen LogP contribution >= 0.6 is 23.2 Å². The number of hydrogen-bond acceptors (Lipinski definition) is 9. The molecule has 0 amide bonds. The number of ether oxygens (including phenoxy) is 4. The summed E-state index contributed by atoms with van der Waals surface area (Å²) in [4.78, 5) is 11.1. The lowest BCUT2D eigenvalue weighted by Gasteiger charge is -2.30. The van der Waals surface area contributed by atoms with Crippen molar-refractivity contribution in [1.29, 1.82) is 0 Å². The number of aromatic nitrogens is 2. The van der Waals surface area contributed by atoms with Crippen molar-refractivity contribution in [2.75, 3.05) is 57.7 Å². The summed E-state index contributed by atoms with van der Waals surface area (Å²) in [5, 5.41) is 7.28. The third-order valence-corrected chi connectivity index (χ3v) is 6.63. The molecule has 0 spiro atoms. The van der Waals surface area contributed by atoms with Crippen LogP contribution in [0.25, 0.3) is 0 Å². The molecular weight excluding hydrogens is 505 g/mol. The predicted molar refractivity (Wildman–Crippen MR) is 142 cm³/mol. The van der Waals surface area contributed by atoms with Crippen LogP contribution in [0.3, 0.4) is 0 Å². The summed E-state index contributed by atoms with van der Waals surface area (Å²) in [6.07, 6.45) is 2.65. The molecule has 1 aromatic heterocycles. The van der Waals surface area contributed by atoms with Crippen molar-refractivity contribution in [3.63, 3.8) is 0 Å². The number of nitrogens with zero attached hydrogens (tertiary/aromatic N) is 3. The molecule has 1 aliphatic rings. The quantitative estimate of drug-likeness (QED) is 0.389. The second-order valence-corrected chi connectivity index (χ2v) is 8.83. The van der Waals surface area contributed by atoms with Gasteiger partial charge in [-0.2, -0.15) is 0 Å². The Labute approximate surface area is 220 Å². The maximum Gasteiger partial charge on any atom is 0.227 e. The first-order chi connectivity index (χ1) is 17.4. The van der Waals surface area contributed by atoms with Crippen LogP contribution in [0.5, 0.6) is 23.0 Å². The molecule has 192 valence electrons. The molecule has 1 saturated heterocycles. The van der Waals surface area contributed by atoms with Crippen LogP contribution in [0.2, 0.25) is 10.0 Å². The second kappa shape index (κ2) is 11.7. The van der Waals surface area contributed by atoms with Gasteiger partial charge in [0.1, 0.15) is 23.4 Å². The Morgan fingerprint density at radius 1 is 0.917 bits per heavy atom. The minimum atomic E-state index is -0.516. The van der Waals surface area contributed by atoms with Crippen molar-refractivity contribution in [2.45, 2.75) is 13.0 Å². The van der Waals surface area contributed by atoms with E-state index in [4.69, 9.17) is 42.1 Å². The van der Waals surface area contributed by atoms with E-state index in [1.165, 1.54) is 14.2 Å². The molecule has 11 heteroatoms. The first kappa shape index (κ1) is 25.9. The van der Waals surface area contributed by atoms with Gasteiger partial charge in [-0.25, -0.2) is 9.97 Å². The first-order valence-electron chi connectivity index (χ1n) is 11.4. The highest BCUT2D eigenvalue weighted by atomic mass is 35.5. The van der Waals surface area contributed by atoms with Gasteiger partial charge >= 0.3 is 0 Å². The number of anilines is 3. The molecule has 0 saturated carbocycles. The molecule has 0 aliphatic carbocycles. The minimum Gasteiger partial charge on any atom is -0.495 e. The maximum absolute atomic E-state index is 6.50. The molecule has 2 aromatic carbocycles. The van der Waals surface area contributed by atoms with E-state index in [9.17, 15) is 0 Å². The summed E-state index contributed by atoms with van der Waals surface area (Å²) >= 11 is 13.0. The fourth-order valence-corrected chi connectivity index (χ4v) is 4.83. The van der Waals surface area contributed by atoms with E-state index in [-0.39, 0.29) is 0 Å². The molecule has 1 aliphatic heterocycles. The van der Waals surface area contributed by atoms with E-state index in [0.29, 0.717) is 38.8 Å². The van der Waals surface area contributed by atoms with Crippen LogP contribution in [0, 0.1) is 0 Å². The Morgan fingerprint density at radius 3 is 2.11 bits per heavy atom. The Hall–Kier alpha value is -3.14. The third kappa shape index (κ3) is 5.64. The molecule has 9 nitrogen and oxygen atoms in total. The molecule has 3 aromatic rings. The second-order valence-electron chi connectivity index (χ2n) is 8.07. The molecule has 1 fully saturated rings. The SMILES string of the molecule is COc1cc(Nc2ncc(OC(C)c3c(Cl)c(OC)cc(OC)c3Cl)cn2)ccc1N1CCNCC1.